The van der Waals surface area contributed by atoms with Crippen LogP contribution in [0, 0.1) is 0 Å². The monoisotopic (exact) mass is 253 g/mol. The van der Waals surface area contributed by atoms with E-state index in [1.165, 1.54) is 11.1 Å². The van der Waals surface area contributed by atoms with E-state index >= 15 is 0 Å². The Balaban J connectivity index is 2.10. The lowest BCUT2D eigenvalue weighted by Gasteiger charge is -2.20. The van der Waals surface area contributed by atoms with Crippen molar-refractivity contribution in [1.29, 1.82) is 0 Å². The molecular formula is C18H23N. The summed E-state index contributed by atoms with van der Waals surface area (Å²) in [5.74, 6) is 0.533. The molecule has 1 N–H and O–H groups in total. The standard InChI is InChI=1S/C18H23N/c1-15(2)19-14-18(17-11-7-4-8-12-17)13-16-9-5-3-6-10-16/h3-12,15,18-19H,13-14H2,1-2H3. The first-order chi connectivity index (χ1) is 9.25. The molecular weight excluding hydrogens is 230 g/mol. The van der Waals surface area contributed by atoms with Gasteiger partial charge in [0, 0.05) is 18.5 Å². The lowest BCUT2D eigenvalue weighted by atomic mass is 9.92. The van der Waals surface area contributed by atoms with Crippen LogP contribution in [0.3, 0.4) is 0 Å². The van der Waals surface area contributed by atoms with E-state index in [1.807, 2.05) is 0 Å². The maximum Gasteiger partial charge on any atom is 0.00257 e. The fourth-order valence-corrected chi connectivity index (χ4v) is 2.31. The largest absolute Gasteiger partial charge is 0.314 e. The average molecular weight is 253 g/mol. The number of hydrogen-bond acceptors (Lipinski definition) is 1. The third kappa shape index (κ3) is 4.53. The Hall–Kier alpha value is -1.60. The lowest BCUT2D eigenvalue weighted by molar-refractivity contribution is 0.527. The summed E-state index contributed by atoms with van der Waals surface area (Å²) in [7, 11) is 0. The average Bonchev–Trinajstić information content (AvgIpc) is 2.45. The van der Waals surface area contributed by atoms with Crippen LogP contribution in [0.5, 0.6) is 0 Å². The van der Waals surface area contributed by atoms with Gasteiger partial charge in [-0.3, -0.25) is 0 Å². The topological polar surface area (TPSA) is 12.0 Å². The third-order valence-electron chi connectivity index (χ3n) is 3.37. The molecule has 0 bridgehead atoms. The van der Waals surface area contributed by atoms with Crippen LogP contribution in [-0.2, 0) is 6.42 Å². The molecule has 1 atom stereocenters. The van der Waals surface area contributed by atoms with E-state index in [2.05, 4.69) is 79.8 Å². The maximum atomic E-state index is 3.56. The van der Waals surface area contributed by atoms with Crippen molar-refractivity contribution in [2.45, 2.75) is 32.2 Å². The molecule has 0 aliphatic rings. The number of rotatable bonds is 6. The molecule has 0 saturated carbocycles. The molecule has 2 aromatic rings. The normalized spacial score (nSPS) is 12.6. The highest BCUT2D eigenvalue weighted by molar-refractivity contribution is 5.24. The first-order valence-electron chi connectivity index (χ1n) is 7.08. The molecule has 1 heteroatoms. The van der Waals surface area contributed by atoms with Crippen LogP contribution in [0.15, 0.2) is 60.7 Å². The van der Waals surface area contributed by atoms with E-state index in [0.29, 0.717) is 12.0 Å². The molecule has 1 unspecified atom stereocenters. The molecule has 0 saturated heterocycles. The van der Waals surface area contributed by atoms with Gasteiger partial charge in [-0.1, -0.05) is 74.5 Å². The maximum absolute atomic E-state index is 3.56. The Morgan fingerprint density at radius 3 is 2.00 bits per heavy atom. The van der Waals surface area contributed by atoms with Gasteiger partial charge >= 0.3 is 0 Å². The molecule has 0 spiro atoms. The quantitative estimate of drug-likeness (QED) is 0.820. The summed E-state index contributed by atoms with van der Waals surface area (Å²) < 4.78 is 0. The van der Waals surface area contributed by atoms with Crippen LogP contribution >= 0.6 is 0 Å². The summed E-state index contributed by atoms with van der Waals surface area (Å²) in [5, 5.41) is 3.56. The van der Waals surface area contributed by atoms with Crippen molar-refractivity contribution in [3.8, 4) is 0 Å². The molecule has 19 heavy (non-hydrogen) atoms. The minimum atomic E-state index is 0.530. The Labute approximate surface area is 116 Å². The minimum absolute atomic E-state index is 0.530. The van der Waals surface area contributed by atoms with Crippen LogP contribution in [-0.4, -0.2) is 12.6 Å². The van der Waals surface area contributed by atoms with Gasteiger partial charge < -0.3 is 5.32 Å². The summed E-state index contributed by atoms with van der Waals surface area (Å²) in [6.45, 7) is 5.42. The van der Waals surface area contributed by atoms with Gasteiger partial charge in [0.05, 0.1) is 0 Å². The first kappa shape index (κ1) is 13.8. The molecule has 2 aromatic carbocycles. The molecule has 1 nitrogen and oxygen atoms in total. The van der Waals surface area contributed by atoms with Crippen molar-refractivity contribution in [1.82, 2.24) is 5.32 Å². The van der Waals surface area contributed by atoms with Gasteiger partial charge in [0.2, 0.25) is 0 Å². The fourth-order valence-electron chi connectivity index (χ4n) is 2.31. The third-order valence-corrected chi connectivity index (χ3v) is 3.37. The van der Waals surface area contributed by atoms with Gasteiger partial charge in [0.25, 0.3) is 0 Å². The summed E-state index contributed by atoms with van der Waals surface area (Å²) in [6.07, 6.45) is 1.09. The minimum Gasteiger partial charge on any atom is -0.314 e. The zero-order valence-corrected chi connectivity index (χ0v) is 11.8. The van der Waals surface area contributed by atoms with E-state index in [0.717, 1.165) is 13.0 Å². The Kier molecular flexibility index (Phi) is 5.17. The molecule has 0 radical (unpaired) electrons. The van der Waals surface area contributed by atoms with E-state index in [-0.39, 0.29) is 0 Å². The van der Waals surface area contributed by atoms with E-state index < -0.39 is 0 Å². The smallest absolute Gasteiger partial charge is 0.00257 e. The van der Waals surface area contributed by atoms with Gasteiger partial charge in [0.15, 0.2) is 0 Å². The van der Waals surface area contributed by atoms with Gasteiger partial charge in [-0.25, -0.2) is 0 Å². The van der Waals surface area contributed by atoms with Crippen LogP contribution in [0.25, 0.3) is 0 Å². The lowest BCUT2D eigenvalue weighted by Crippen LogP contribution is -2.28. The SMILES string of the molecule is CC(C)NCC(Cc1ccccc1)c1ccccc1. The molecule has 0 aliphatic carbocycles. The summed E-state index contributed by atoms with van der Waals surface area (Å²) in [5.41, 5.74) is 2.82. The van der Waals surface area contributed by atoms with E-state index in [9.17, 15) is 0 Å². The second-order valence-corrected chi connectivity index (χ2v) is 5.36. The molecule has 100 valence electrons. The van der Waals surface area contributed by atoms with Crippen LogP contribution in [0.4, 0.5) is 0 Å². The van der Waals surface area contributed by atoms with Crippen LogP contribution in [0.2, 0.25) is 0 Å². The number of hydrogen-bond donors (Lipinski definition) is 1. The zero-order chi connectivity index (χ0) is 13.5. The fraction of sp³-hybridized carbons (Fsp3) is 0.333. The molecule has 2 rings (SSSR count). The predicted octanol–water partition coefficient (Wildman–Crippen LogP) is 4.01. The van der Waals surface area contributed by atoms with Crippen molar-refractivity contribution in [3.05, 3.63) is 71.8 Å². The van der Waals surface area contributed by atoms with Crippen LogP contribution < -0.4 is 5.32 Å². The van der Waals surface area contributed by atoms with Gasteiger partial charge in [-0.05, 0) is 17.5 Å². The van der Waals surface area contributed by atoms with Crippen molar-refractivity contribution >= 4 is 0 Å². The van der Waals surface area contributed by atoms with E-state index in [4.69, 9.17) is 0 Å². The first-order valence-corrected chi connectivity index (χ1v) is 7.08. The Bertz CT molecular complexity index is 462. The Morgan fingerprint density at radius 1 is 0.842 bits per heavy atom. The van der Waals surface area contributed by atoms with Crippen molar-refractivity contribution < 1.29 is 0 Å². The number of benzene rings is 2. The van der Waals surface area contributed by atoms with Crippen molar-refractivity contribution in [3.63, 3.8) is 0 Å². The second-order valence-electron chi connectivity index (χ2n) is 5.36. The summed E-state index contributed by atoms with van der Waals surface area (Å²) in [4.78, 5) is 0. The zero-order valence-electron chi connectivity index (χ0n) is 11.8. The molecule has 0 amide bonds. The van der Waals surface area contributed by atoms with Crippen molar-refractivity contribution in [2.75, 3.05) is 6.54 Å². The number of nitrogens with one attached hydrogen (secondary N) is 1. The predicted molar refractivity (Wildman–Crippen MR) is 82.5 cm³/mol. The highest BCUT2D eigenvalue weighted by Gasteiger charge is 2.12. The molecule has 0 fully saturated rings. The van der Waals surface area contributed by atoms with E-state index in [1.54, 1.807) is 0 Å². The highest BCUT2D eigenvalue weighted by Crippen LogP contribution is 2.20. The summed E-state index contributed by atoms with van der Waals surface area (Å²) in [6, 6.07) is 22.1. The van der Waals surface area contributed by atoms with Crippen molar-refractivity contribution in [2.24, 2.45) is 0 Å². The molecule has 0 aromatic heterocycles. The Morgan fingerprint density at radius 2 is 1.42 bits per heavy atom. The molecule has 0 aliphatic heterocycles. The highest BCUT2D eigenvalue weighted by atomic mass is 14.9. The van der Waals surface area contributed by atoms with Crippen LogP contribution in [0.1, 0.15) is 30.9 Å². The summed E-state index contributed by atoms with van der Waals surface area (Å²) >= 11 is 0. The van der Waals surface area contributed by atoms with Gasteiger partial charge in [0.1, 0.15) is 0 Å². The van der Waals surface area contributed by atoms with Gasteiger partial charge in [-0.15, -0.1) is 0 Å². The van der Waals surface area contributed by atoms with Gasteiger partial charge in [-0.2, -0.15) is 0 Å². The molecule has 0 heterocycles. The second kappa shape index (κ2) is 7.10.